The Morgan fingerprint density at radius 2 is 2.07 bits per heavy atom. The number of nitrogens with two attached hydrogens (primary N) is 1. The molecule has 1 saturated carbocycles. The summed E-state index contributed by atoms with van der Waals surface area (Å²) in [5, 5.41) is 0. The maximum Gasteiger partial charge on any atom is 0.0113 e. The van der Waals surface area contributed by atoms with Crippen molar-refractivity contribution in [2.75, 3.05) is 6.26 Å². The first-order chi connectivity index (χ1) is 7.10. The van der Waals surface area contributed by atoms with Crippen molar-refractivity contribution in [3.8, 4) is 0 Å². The average molecular weight is 221 g/mol. The molecule has 0 saturated heterocycles. The van der Waals surface area contributed by atoms with E-state index in [-0.39, 0.29) is 11.5 Å². The van der Waals surface area contributed by atoms with Gasteiger partial charge in [0.05, 0.1) is 0 Å². The normalized spacial score (nSPS) is 20.0. The summed E-state index contributed by atoms with van der Waals surface area (Å²) < 4.78 is 0. The van der Waals surface area contributed by atoms with E-state index in [0.29, 0.717) is 0 Å². The van der Waals surface area contributed by atoms with Gasteiger partial charge in [-0.15, -0.1) is 11.8 Å². The Balaban J connectivity index is 2.44. The van der Waals surface area contributed by atoms with Gasteiger partial charge in [-0.3, -0.25) is 0 Å². The molecule has 0 radical (unpaired) electrons. The molecule has 2 N–H and O–H groups in total. The topological polar surface area (TPSA) is 26.0 Å². The fourth-order valence-electron chi connectivity index (χ4n) is 2.31. The fraction of sp³-hybridized carbons (Fsp3) is 0.538. The molecule has 0 amide bonds. The molecule has 15 heavy (non-hydrogen) atoms. The highest BCUT2D eigenvalue weighted by molar-refractivity contribution is 7.98. The predicted molar refractivity (Wildman–Crippen MR) is 67.5 cm³/mol. The molecule has 1 nitrogen and oxygen atoms in total. The SMILES string of the molecule is CSc1cc(C)ccc1C1(C(C)N)CC1. The lowest BCUT2D eigenvalue weighted by Crippen LogP contribution is -2.32. The maximum absolute atomic E-state index is 6.12. The third kappa shape index (κ3) is 1.81. The van der Waals surface area contributed by atoms with Crippen LogP contribution in [-0.4, -0.2) is 12.3 Å². The van der Waals surface area contributed by atoms with E-state index < -0.39 is 0 Å². The molecule has 1 aliphatic carbocycles. The standard InChI is InChI=1S/C13H19NS/c1-9-4-5-11(12(8-9)15-3)13(6-7-13)10(2)14/h4-5,8,10H,6-7,14H2,1-3H3. The predicted octanol–water partition coefficient (Wildman–Crippen LogP) is 3.10. The van der Waals surface area contributed by atoms with Crippen LogP contribution in [0.4, 0.5) is 0 Å². The monoisotopic (exact) mass is 221 g/mol. The molecule has 0 heterocycles. The van der Waals surface area contributed by atoms with Gasteiger partial charge in [0.15, 0.2) is 0 Å². The van der Waals surface area contributed by atoms with Gasteiger partial charge < -0.3 is 5.73 Å². The third-order valence-electron chi connectivity index (χ3n) is 3.55. The molecule has 0 bridgehead atoms. The van der Waals surface area contributed by atoms with Crippen molar-refractivity contribution in [2.45, 2.75) is 43.0 Å². The minimum Gasteiger partial charge on any atom is -0.327 e. The molecule has 1 atom stereocenters. The van der Waals surface area contributed by atoms with Crippen LogP contribution < -0.4 is 5.73 Å². The van der Waals surface area contributed by atoms with Gasteiger partial charge in [-0.2, -0.15) is 0 Å². The number of thioether (sulfide) groups is 1. The van der Waals surface area contributed by atoms with Gasteiger partial charge in [0.2, 0.25) is 0 Å². The van der Waals surface area contributed by atoms with Crippen LogP contribution >= 0.6 is 11.8 Å². The average Bonchev–Trinajstić information content (AvgIpc) is 2.98. The second-order valence-electron chi connectivity index (χ2n) is 4.65. The summed E-state index contributed by atoms with van der Waals surface area (Å²) in [4.78, 5) is 1.41. The van der Waals surface area contributed by atoms with Crippen molar-refractivity contribution in [1.82, 2.24) is 0 Å². The van der Waals surface area contributed by atoms with Crippen molar-refractivity contribution in [3.63, 3.8) is 0 Å². The second-order valence-corrected chi connectivity index (χ2v) is 5.50. The molecule has 1 aliphatic rings. The number of benzene rings is 1. The zero-order chi connectivity index (χ0) is 11.1. The van der Waals surface area contributed by atoms with E-state index in [0.717, 1.165) is 0 Å². The first kappa shape index (κ1) is 11.0. The van der Waals surface area contributed by atoms with Gasteiger partial charge >= 0.3 is 0 Å². The molecule has 82 valence electrons. The van der Waals surface area contributed by atoms with Crippen LogP contribution in [0, 0.1) is 6.92 Å². The second kappa shape index (κ2) is 3.84. The molecule has 0 aliphatic heterocycles. The van der Waals surface area contributed by atoms with Gasteiger partial charge in [0.25, 0.3) is 0 Å². The van der Waals surface area contributed by atoms with E-state index >= 15 is 0 Å². The summed E-state index contributed by atoms with van der Waals surface area (Å²) in [7, 11) is 0. The molecule has 1 fully saturated rings. The Kier molecular flexibility index (Phi) is 2.82. The van der Waals surface area contributed by atoms with E-state index in [1.165, 1.54) is 28.9 Å². The van der Waals surface area contributed by atoms with Crippen molar-refractivity contribution >= 4 is 11.8 Å². The van der Waals surface area contributed by atoms with Crippen molar-refractivity contribution in [2.24, 2.45) is 5.73 Å². The molecule has 1 aromatic rings. The van der Waals surface area contributed by atoms with Crippen LogP contribution in [0.5, 0.6) is 0 Å². The van der Waals surface area contributed by atoms with E-state index in [1.807, 2.05) is 11.8 Å². The van der Waals surface area contributed by atoms with Crippen molar-refractivity contribution in [3.05, 3.63) is 29.3 Å². The highest BCUT2D eigenvalue weighted by atomic mass is 32.2. The van der Waals surface area contributed by atoms with Gasteiger partial charge in [-0.25, -0.2) is 0 Å². The number of rotatable bonds is 3. The lowest BCUT2D eigenvalue weighted by Gasteiger charge is -2.23. The molecule has 2 rings (SSSR count). The quantitative estimate of drug-likeness (QED) is 0.794. The number of hydrogen-bond acceptors (Lipinski definition) is 2. The van der Waals surface area contributed by atoms with Gasteiger partial charge in [0.1, 0.15) is 0 Å². The highest BCUT2D eigenvalue weighted by Gasteiger charge is 2.48. The maximum atomic E-state index is 6.12. The smallest absolute Gasteiger partial charge is 0.0113 e. The summed E-state index contributed by atoms with van der Waals surface area (Å²) in [5.41, 5.74) is 9.21. The summed E-state index contributed by atoms with van der Waals surface area (Å²) in [6.07, 6.45) is 4.65. The van der Waals surface area contributed by atoms with Gasteiger partial charge in [-0.1, -0.05) is 17.7 Å². The number of hydrogen-bond donors (Lipinski definition) is 1. The summed E-state index contributed by atoms with van der Waals surface area (Å²) >= 11 is 1.84. The van der Waals surface area contributed by atoms with Gasteiger partial charge in [0, 0.05) is 16.4 Å². The fourth-order valence-corrected chi connectivity index (χ4v) is 3.11. The van der Waals surface area contributed by atoms with Crippen LogP contribution in [0.2, 0.25) is 0 Å². The van der Waals surface area contributed by atoms with Crippen molar-refractivity contribution in [1.29, 1.82) is 0 Å². The largest absolute Gasteiger partial charge is 0.327 e. The van der Waals surface area contributed by atoms with E-state index in [2.05, 4.69) is 38.3 Å². The Bertz CT molecular complexity index is 367. The molecular weight excluding hydrogens is 202 g/mol. The Morgan fingerprint density at radius 3 is 2.53 bits per heavy atom. The molecule has 0 spiro atoms. The molecule has 1 aromatic carbocycles. The summed E-state index contributed by atoms with van der Waals surface area (Å²) in [6.45, 7) is 4.28. The van der Waals surface area contributed by atoms with Crippen LogP contribution in [0.15, 0.2) is 23.1 Å². The first-order valence-corrected chi connectivity index (χ1v) is 6.73. The Morgan fingerprint density at radius 1 is 1.40 bits per heavy atom. The zero-order valence-corrected chi connectivity index (χ0v) is 10.5. The zero-order valence-electron chi connectivity index (χ0n) is 9.71. The Hall–Kier alpha value is -0.470. The lowest BCUT2D eigenvalue weighted by molar-refractivity contribution is 0.548. The third-order valence-corrected chi connectivity index (χ3v) is 4.33. The van der Waals surface area contributed by atoms with Crippen LogP contribution in [-0.2, 0) is 5.41 Å². The lowest BCUT2D eigenvalue weighted by atomic mass is 9.89. The first-order valence-electron chi connectivity index (χ1n) is 5.51. The molecule has 0 aromatic heterocycles. The number of aryl methyl sites for hydroxylation is 1. The summed E-state index contributed by atoms with van der Waals surface area (Å²) in [5.74, 6) is 0. The van der Waals surface area contributed by atoms with E-state index in [9.17, 15) is 0 Å². The van der Waals surface area contributed by atoms with Gasteiger partial charge in [-0.05, 0) is 44.6 Å². The molecular formula is C13H19NS. The Labute approximate surface area is 96.4 Å². The van der Waals surface area contributed by atoms with Crippen LogP contribution in [0.25, 0.3) is 0 Å². The molecule has 1 unspecified atom stereocenters. The molecule has 2 heteroatoms. The van der Waals surface area contributed by atoms with Crippen LogP contribution in [0.1, 0.15) is 30.9 Å². The van der Waals surface area contributed by atoms with Crippen LogP contribution in [0.3, 0.4) is 0 Å². The van der Waals surface area contributed by atoms with E-state index in [1.54, 1.807) is 0 Å². The van der Waals surface area contributed by atoms with Crippen molar-refractivity contribution < 1.29 is 0 Å². The minimum atomic E-state index is 0.270. The highest BCUT2D eigenvalue weighted by Crippen LogP contribution is 2.52. The minimum absolute atomic E-state index is 0.270. The summed E-state index contributed by atoms with van der Waals surface area (Å²) in [6, 6.07) is 7.03. The van der Waals surface area contributed by atoms with E-state index in [4.69, 9.17) is 5.73 Å².